The predicted octanol–water partition coefficient (Wildman–Crippen LogP) is 2.51. The highest BCUT2D eigenvalue weighted by Gasteiger charge is 2.34. The van der Waals surface area contributed by atoms with Gasteiger partial charge in [-0.15, -0.1) is 0 Å². The Morgan fingerprint density at radius 3 is 2.69 bits per heavy atom. The van der Waals surface area contributed by atoms with E-state index in [2.05, 4.69) is 26.2 Å². The average Bonchev–Trinajstić information content (AvgIpc) is 2.58. The molecule has 86 valence electrons. The Morgan fingerprint density at radius 1 is 1.25 bits per heavy atom. The van der Waals surface area contributed by atoms with Gasteiger partial charge in [0.25, 0.3) is 0 Å². The van der Waals surface area contributed by atoms with Crippen LogP contribution >= 0.6 is 15.9 Å². The molecular weight excluding hydrogens is 268 g/mol. The zero-order chi connectivity index (χ0) is 11.0. The van der Waals surface area contributed by atoms with E-state index in [1.54, 1.807) is 0 Å². The molecular formula is C12H15BrN2O. The maximum atomic E-state index is 5.94. The van der Waals surface area contributed by atoms with Crippen LogP contribution in [0.3, 0.4) is 0 Å². The van der Waals surface area contributed by atoms with Crippen molar-refractivity contribution in [3.63, 3.8) is 0 Å². The Labute approximate surface area is 104 Å². The third-order valence-corrected chi connectivity index (χ3v) is 3.85. The van der Waals surface area contributed by atoms with E-state index >= 15 is 0 Å². The first-order chi connectivity index (χ1) is 7.79. The summed E-state index contributed by atoms with van der Waals surface area (Å²) in [4.78, 5) is 4.31. The molecule has 2 fully saturated rings. The number of aromatic nitrogens is 1. The van der Waals surface area contributed by atoms with Crippen LogP contribution in [0.1, 0.15) is 25.7 Å². The minimum Gasteiger partial charge on any atom is -0.474 e. The number of pyridine rings is 1. The number of ether oxygens (including phenoxy) is 1. The summed E-state index contributed by atoms with van der Waals surface area (Å²) >= 11 is 3.36. The number of hydrogen-bond donors (Lipinski definition) is 1. The maximum absolute atomic E-state index is 5.94. The molecule has 0 aromatic carbocycles. The van der Waals surface area contributed by atoms with Crippen molar-refractivity contribution < 1.29 is 4.74 Å². The van der Waals surface area contributed by atoms with Crippen molar-refractivity contribution in [2.45, 2.75) is 43.9 Å². The molecule has 1 N–H and O–H groups in total. The Morgan fingerprint density at radius 2 is 2.00 bits per heavy atom. The molecule has 2 aliphatic heterocycles. The number of piperidine rings is 1. The van der Waals surface area contributed by atoms with Crippen LogP contribution in [0.2, 0.25) is 0 Å². The van der Waals surface area contributed by atoms with Crippen LogP contribution < -0.4 is 10.1 Å². The van der Waals surface area contributed by atoms with E-state index in [1.165, 1.54) is 12.8 Å². The quantitative estimate of drug-likeness (QED) is 0.847. The van der Waals surface area contributed by atoms with E-state index < -0.39 is 0 Å². The second-order valence-corrected chi connectivity index (χ2v) is 5.46. The molecule has 0 radical (unpaired) electrons. The molecule has 2 aliphatic rings. The summed E-state index contributed by atoms with van der Waals surface area (Å²) in [5.74, 6) is 0.737. The van der Waals surface area contributed by atoms with Gasteiger partial charge in [0.1, 0.15) is 10.7 Å². The minimum absolute atomic E-state index is 0.334. The fraction of sp³-hybridized carbons (Fsp3) is 0.583. The number of nitrogens with zero attached hydrogens (tertiary/aromatic N) is 1. The third kappa shape index (κ3) is 2.23. The lowest BCUT2D eigenvalue weighted by Crippen LogP contribution is -2.42. The van der Waals surface area contributed by atoms with Crippen LogP contribution in [0, 0.1) is 0 Å². The number of nitrogens with one attached hydrogen (secondary N) is 1. The van der Waals surface area contributed by atoms with Gasteiger partial charge in [-0.1, -0.05) is 6.07 Å². The highest BCUT2D eigenvalue weighted by atomic mass is 79.9. The van der Waals surface area contributed by atoms with Crippen LogP contribution in [0.4, 0.5) is 0 Å². The Balaban J connectivity index is 1.67. The van der Waals surface area contributed by atoms with Gasteiger partial charge in [-0.3, -0.25) is 0 Å². The Kier molecular flexibility index (Phi) is 2.86. The van der Waals surface area contributed by atoms with Crippen LogP contribution in [-0.2, 0) is 0 Å². The second kappa shape index (κ2) is 4.34. The summed E-state index contributed by atoms with van der Waals surface area (Å²) in [7, 11) is 0. The van der Waals surface area contributed by atoms with Crippen molar-refractivity contribution in [2.24, 2.45) is 0 Å². The highest BCUT2D eigenvalue weighted by molar-refractivity contribution is 9.10. The summed E-state index contributed by atoms with van der Waals surface area (Å²) in [5, 5.41) is 3.61. The summed E-state index contributed by atoms with van der Waals surface area (Å²) in [6.45, 7) is 0. The predicted molar refractivity (Wildman–Crippen MR) is 65.5 cm³/mol. The van der Waals surface area contributed by atoms with Gasteiger partial charge in [-0.25, -0.2) is 4.98 Å². The molecule has 0 saturated carbocycles. The van der Waals surface area contributed by atoms with Crippen LogP contribution in [0.25, 0.3) is 0 Å². The SMILES string of the molecule is Brc1cccc(OC2CC3CCC(C2)N3)n1. The van der Waals surface area contributed by atoms with Crippen LogP contribution in [0.5, 0.6) is 5.88 Å². The topological polar surface area (TPSA) is 34.1 Å². The molecule has 16 heavy (non-hydrogen) atoms. The van der Waals surface area contributed by atoms with Gasteiger partial charge in [0.2, 0.25) is 5.88 Å². The maximum Gasteiger partial charge on any atom is 0.214 e. The molecule has 2 bridgehead atoms. The lowest BCUT2D eigenvalue weighted by Gasteiger charge is -2.29. The molecule has 4 heteroatoms. The van der Waals surface area contributed by atoms with Crippen molar-refractivity contribution in [3.05, 3.63) is 22.8 Å². The first-order valence-corrected chi connectivity index (χ1v) is 6.64. The lowest BCUT2D eigenvalue weighted by atomic mass is 10.0. The second-order valence-electron chi connectivity index (χ2n) is 4.65. The molecule has 1 aromatic rings. The monoisotopic (exact) mass is 282 g/mol. The molecule has 0 aliphatic carbocycles. The van der Waals surface area contributed by atoms with E-state index in [0.717, 1.165) is 23.3 Å². The van der Waals surface area contributed by atoms with Crippen molar-refractivity contribution in [3.8, 4) is 5.88 Å². The fourth-order valence-electron chi connectivity index (χ4n) is 2.73. The highest BCUT2D eigenvalue weighted by Crippen LogP contribution is 2.29. The van der Waals surface area contributed by atoms with Gasteiger partial charge in [0.15, 0.2) is 0 Å². The van der Waals surface area contributed by atoms with Crippen LogP contribution in [-0.4, -0.2) is 23.2 Å². The summed E-state index contributed by atoms with van der Waals surface area (Å²) in [6.07, 6.45) is 5.17. The van der Waals surface area contributed by atoms with Crippen molar-refractivity contribution in [1.82, 2.24) is 10.3 Å². The molecule has 3 heterocycles. The first-order valence-electron chi connectivity index (χ1n) is 5.85. The number of fused-ring (bicyclic) bond motifs is 2. The largest absolute Gasteiger partial charge is 0.474 e. The van der Waals surface area contributed by atoms with Gasteiger partial charge in [0.05, 0.1) is 0 Å². The standard InChI is InChI=1S/C12H15BrN2O/c13-11-2-1-3-12(15-11)16-10-6-8-4-5-9(7-10)14-8/h1-3,8-10,14H,4-7H2. The van der Waals surface area contributed by atoms with Gasteiger partial charge in [-0.05, 0) is 47.7 Å². The molecule has 0 amide bonds. The zero-order valence-electron chi connectivity index (χ0n) is 9.03. The molecule has 2 atom stereocenters. The van der Waals surface area contributed by atoms with Gasteiger partial charge in [-0.2, -0.15) is 0 Å². The molecule has 0 spiro atoms. The smallest absolute Gasteiger partial charge is 0.214 e. The van der Waals surface area contributed by atoms with Crippen LogP contribution in [0.15, 0.2) is 22.8 Å². The fourth-order valence-corrected chi connectivity index (χ4v) is 3.05. The van der Waals surface area contributed by atoms with Crippen molar-refractivity contribution in [1.29, 1.82) is 0 Å². The summed E-state index contributed by atoms with van der Waals surface area (Å²) < 4.78 is 6.77. The van der Waals surface area contributed by atoms with Gasteiger partial charge >= 0.3 is 0 Å². The number of halogens is 1. The van der Waals surface area contributed by atoms with Gasteiger partial charge < -0.3 is 10.1 Å². The van der Waals surface area contributed by atoms with E-state index in [9.17, 15) is 0 Å². The van der Waals surface area contributed by atoms with Gasteiger partial charge in [0, 0.05) is 18.2 Å². The zero-order valence-corrected chi connectivity index (χ0v) is 10.6. The van der Waals surface area contributed by atoms with E-state index in [0.29, 0.717) is 18.2 Å². The first kappa shape index (κ1) is 10.5. The number of hydrogen-bond acceptors (Lipinski definition) is 3. The van der Waals surface area contributed by atoms with E-state index in [-0.39, 0.29) is 0 Å². The molecule has 3 rings (SSSR count). The lowest BCUT2D eigenvalue weighted by molar-refractivity contribution is 0.131. The number of rotatable bonds is 2. The van der Waals surface area contributed by atoms with E-state index in [1.807, 2.05) is 18.2 Å². The molecule has 2 unspecified atom stereocenters. The summed E-state index contributed by atoms with van der Waals surface area (Å²) in [5.41, 5.74) is 0. The average molecular weight is 283 g/mol. The van der Waals surface area contributed by atoms with E-state index in [4.69, 9.17) is 4.74 Å². The molecule has 2 saturated heterocycles. The molecule has 3 nitrogen and oxygen atoms in total. The van der Waals surface area contributed by atoms with Crippen molar-refractivity contribution in [2.75, 3.05) is 0 Å². The summed E-state index contributed by atoms with van der Waals surface area (Å²) in [6, 6.07) is 7.13. The minimum atomic E-state index is 0.334. The Hall–Kier alpha value is -0.610. The normalized spacial score (nSPS) is 32.7. The molecule has 1 aromatic heterocycles. The third-order valence-electron chi connectivity index (χ3n) is 3.41. The van der Waals surface area contributed by atoms with Crippen molar-refractivity contribution >= 4 is 15.9 Å². The Bertz CT molecular complexity index is 373.